The molecule has 0 aromatic heterocycles. The number of carboxylic acids is 2. The first kappa shape index (κ1) is 35.7. The maximum Gasteiger partial charge on any atom is 0.490 e. The van der Waals surface area contributed by atoms with E-state index in [-0.39, 0.29) is 0 Å². The van der Waals surface area contributed by atoms with Crippen molar-refractivity contribution in [3.05, 3.63) is 59.7 Å². The zero-order valence-electron chi connectivity index (χ0n) is 22.2. The number of hydrogen-bond acceptors (Lipinski definition) is 6. The summed E-state index contributed by atoms with van der Waals surface area (Å²) in [5.74, 6) is -5.51. The maximum atomic E-state index is 12.6. The van der Waals surface area contributed by atoms with E-state index >= 15 is 0 Å². The lowest BCUT2D eigenvalue weighted by atomic mass is 10.2. The van der Waals surface area contributed by atoms with Crippen LogP contribution in [0.1, 0.15) is 24.5 Å². The number of piperazine rings is 1. The van der Waals surface area contributed by atoms with Crippen LogP contribution in [-0.2, 0) is 26.2 Å². The predicted molar refractivity (Wildman–Crippen MR) is 138 cm³/mol. The molecule has 230 valence electrons. The zero-order valence-corrected chi connectivity index (χ0v) is 23.0. The number of halogens is 6. The Morgan fingerprint density at radius 1 is 0.854 bits per heavy atom. The van der Waals surface area contributed by atoms with Gasteiger partial charge in [0.25, 0.3) is 10.0 Å². The van der Waals surface area contributed by atoms with E-state index in [4.69, 9.17) is 19.8 Å². The minimum absolute atomic E-state index is 0.292. The SMILES string of the molecule is CCCN1CCN(Cc2ccc(S(=O)(=O)Nc3cccc(C)c3)cc2)CC1.O=C(O)C(F)(F)F.O=C(O)C(F)(F)F. The van der Waals surface area contributed by atoms with Gasteiger partial charge in [0.1, 0.15) is 0 Å². The lowest BCUT2D eigenvalue weighted by molar-refractivity contribution is -0.193. The Morgan fingerprint density at radius 3 is 1.73 bits per heavy atom. The van der Waals surface area contributed by atoms with Gasteiger partial charge in [0.15, 0.2) is 0 Å². The van der Waals surface area contributed by atoms with Gasteiger partial charge >= 0.3 is 24.3 Å². The standard InChI is InChI=1S/C21H29N3O2S.2C2HF3O2/c1-3-11-23-12-14-24(15-13-23)17-19-7-9-21(10-8-19)27(25,26)22-20-6-4-5-18(2)16-20;2*3-2(4,5)1(6)7/h4-10,16,22H,3,11-15,17H2,1-2H3;2*(H,6,7). The number of alkyl halides is 6. The minimum Gasteiger partial charge on any atom is -0.475 e. The fourth-order valence-corrected chi connectivity index (χ4v) is 4.49. The molecule has 9 nitrogen and oxygen atoms in total. The van der Waals surface area contributed by atoms with Gasteiger partial charge in [-0.15, -0.1) is 0 Å². The van der Waals surface area contributed by atoms with E-state index in [0.29, 0.717) is 10.6 Å². The van der Waals surface area contributed by atoms with Crippen molar-refractivity contribution in [1.29, 1.82) is 0 Å². The number of benzene rings is 2. The van der Waals surface area contributed by atoms with Crippen molar-refractivity contribution in [3.8, 4) is 0 Å². The molecule has 3 N–H and O–H groups in total. The van der Waals surface area contributed by atoms with E-state index in [1.54, 1.807) is 18.2 Å². The van der Waals surface area contributed by atoms with Crippen LogP contribution in [0.15, 0.2) is 53.4 Å². The van der Waals surface area contributed by atoms with Gasteiger partial charge in [-0.05, 0) is 55.3 Å². The number of hydrogen-bond donors (Lipinski definition) is 3. The van der Waals surface area contributed by atoms with Crippen LogP contribution in [0.5, 0.6) is 0 Å². The van der Waals surface area contributed by atoms with E-state index in [0.717, 1.165) is 43.9 Å². The van der Waals surface area contributed by atoms with Crippen molar-refractivity contribution >= 4 is 27.6 Å². The largest absolute Gasteiger partial charge is 0.490 e. The third-order valence-corrected chi connectivity index (χ3v) is 6.80. The summed E-state index contributed by atoms with van der Waals surface area (Å²) < 4.78 is 91.3. The van der Waals surface area contributed by atoms with E-state index in [9.17, 15) is 34.8 Å². The Labute approximate surface area is 233 Å². The Morgan fingerprint density at radius 2 is 1.32 bits per heavy atom. The molecule has 0 spiro atoms. The molecule has 0 radical (unpaired) electrons. The van der Waals surface area contributed by atoms with Gasteiger partial charge in [0.05, 0.1) is 4.90 Å². The van der Waals surface area contributed by atoms with Crippen molar-refractivity contribution < 1.29 is 54.6 Å². The van der Waals surface area contributed by atoms with Crippen LogP contribution in [-0.4, -0.2) is 85.4 Å². The molecule has 0 aliphatic carbocycles. The number of carboxylic acid groups (broad SMARTS) is 2. The molecule has 2 aromatic carbocycles. The summed E-state index contributed by atoms with van der Waals surface area (Å²) in [5, 5.41) is 14.2. The fourth-order valence-electron chi connectivity index (χ4n) is 3.44. The molecule has 0 bridgehead atoms. The normalized spacial score (nSPS) is 14.6. The van der Waals surface area contributed by atoms with Crippen molar-refractivity contribution in [2.75, 3.05) is 37.4 Å². The van der Waals surface area contributed by atoms with Crippen LogP contribution in [0.4, 0.5) is 32.0 Å². The zero-order chi connectivity index (χ0) is 31.4. The summed E-state index contributed by atoms with van der Waals surface area (Å²) in [4.78, 5) is 23.0. The molecule has 2 aromatic rings. The molecular formula is C25H31F6N3O6S. The van der Waals surface area contributed by atoms with Crippen LogP contribution in [0.25, 0.3) is 0 Å². The highest BCUT2D eigenvalue weighted by molar-refractivity contribution is 7.92. The van der Waals surface area contributed by atoms with Crippen LogP contribution in [0, 0.1) is 6.92 Å². The number of rotatable bonds is 7. The molecule has 1 saturated heterocycles. The fraction of sp³-hybridized carbons (Fsp3) is 0.440. The van der Waals surface area contributed by atoms with Crippen molar-refractivity contribution in [3.63, 3.8) is 0 Å². The summed E-state index contributed by atoms with van der Waals surface area (Å²) in [6.45, 7) is 10.6. The summed E-state index contributed by atoms with van der Waals surface area (Å²) >= 11 is 0. The monoisotopic (exact) mass is 615 g/mol. The molecular weight excluding hydrogens is 584 g/mol. The van der Waals surface area contributed by atoms with E-state index in [1.165, 1.54) is 13.0 Å². The molecule has 3 rings (SSSR count). The Kier molecular flexibility index (Phi) is 13.6. The number of nitrogens with one attached hydrogen (secondary N) is 1. The van der Waals surface area contributed by atoms with Gasteiger partial charge in [0, 0.05) is 38.4 Å². The van der Waals surface area contributed by atoms with Crippen molar-refractivity contribution in [2.24, 2.45) is 0 Å². The van der Waals surface area contributed by atoms with E-state index in [1.807, 2.05) is 37.3 Å². The number of aryl methyl sites for hydroxylation is 1. The third kappa shape index (κ3) is 13.7. The second-order valence-corrected chi connectivity index (χ2v) is 10.5. The summed E-state index contributed by atoms with van der Waals surface area (Å²) in [5.41, 5.74) is 2.75. The quantitative estimate of drug-likeness (QED) is 0.386. The molecule has 0 atom stereocenters. The van der Waals surface area contributed by atoms with Crippen LogP contribution < -0.4 is 4.72 Å². The number of nitrogens with zero attached hydrogens (tertiary/aromatic N) is 2. The van der Waals surface area contributed by atoms with Crippen LogP contribution in [0.3, 0.4) is 0 Å². The first-order valence-electron chi connectivity index (χ1n) is 12.1. The first-order valence-corrected chi connectivity index (χ1v) is 13.6. The van der Waals surface area contributed by atoms with Crippen LogP contribution in [0.2, 0.25) is 0 Å². The smallest absolute Gasteiger partial charge is 0.475 e. The summed E-state index contributed by atoms with van der Waals surface area (Å²) in [6, 6.07) is 14.6. The van der Waals surface area contributed by atoms with Crippen LogP contribution >= 0.6 is 0 Å². The minimum atomic E-state index is -5.08. The molecule has 1 fully saturated rings. The summed E-state index contributed by atoms with van der Waals surface area (Å²) in [6.07, 6.45) is -8.97. The van der Waals surface area contributed by atoms with Gasteiger partial charge in [-0.25, -0.2) is 18.0 Å². The first-order chi connectivity index (χ1) is 18.8. The molecule has 1 heterocycles. The number of anilines is 1. The third-order valence-electron chi connectivity index (χ3n) is 5.40. The molecule has 41 heavy (non-hydrogen) atoms. The average molecular weight is 616 g/mol. The highest BCUT2D eigenvalue weighted by Gasteiger charge is 2.38. The predicted octanol–water partition coefficient (Wildman–Crippen LogP) is 4.59. The maximum absolute atomic E-state index is 12.6. The average Bonchev–Trinajstić information content (AvgIpc) is 2.85. The van der Waals surface area contributed by atoms with Gasteiger partial charge in [-0.2, -0.15) is 26.3 Å². The topological polar surface area (TPSA) is 127 Å². The lowest BCUT2D eigenvalue weighted by Crippen LogP contribution is -2.45. The lowest BCUT2D eigenvalue weighted by Gasteiger charge is -2.34. The second kappa shape index (κ2) is 15.6. The number of sulfonamides is 1. The summed E-state index contributed by atoms with van der Waals surface area (Å²) in [7, 11) is -3.56. The highest BCUT2D eigenvalue weighted by Crippen LogP contribution is 2.19. The van der Waals surface area contributed by atoms with E-state index < -0.39 is 34.3 Å². The van der Waals surface area contributed by atoms with Crippen molar-refractivity contribution in [2.45, 2.75) is 44.1 Å². The molecule has 1 aliphatic heterocycles. The Hall–Kier alpha value is -3.37. The van der Waals surface area contributed by atoms with Gasteiger partial charge < -0.3 is 15.1 Å². The van der Waals surface area contributed by atoms with E-state index in [2.05, 4.69) is 21.4 Å². The van der Waals surface area contributed by atoms with Gasteiger partial charge in [-0.1, -0.05) is 31.2 Å². The molecule has 0 amide bonds. The Bertz CT molecular complexity index is 1210. The number of carbonyl (C=O) groups is 2. The van der Waals surface area contributed by atoms with Gasteiger partial charge in [-0.3, -0.25) is 9.62 Å². The molecule has 0 saturated carbocycles. The highest BCUT2D eigenvalue weighted by atomic mass is 32.2. The number of aliphatic carboxylic acids is 2. The Balaban J connectivity index is 0.000000497. The second-order valence-electron chi connectivity index (χ2n) is 8.84. The molecule has 16 heteroatoms. The van der Waals surface area contributed by atoms with Gasteiger partial charge in [0.2, 0.25) is 0 Å². The molecule has 1 aliphatic rings. The van der Waals surface area contributed by atoms with Crippen molar-refractivity contribution in [1.82, 2.24) is 9.80 Å². The molecule has 0 unspecified atom stereocenters.